The molecule has 0 amide bonds. The molecule has 0 saturated carbocycles. The Kier molecular flexibility index (Phi) is 3.13. The van der Waals surface area contributed by atoms with Gasteiger partial charge in [-0.1, -0.05) is 0 Å². The average molecular weight is 231 g/mol. The Balaban J connectivity index is 2.70. The molecule has 0 aromatic carbocycles. The lowest BCUT2D eigenvalue weighted by molar-refractivity contribution is 0.188. The zero-order valence-corrected chi connectivity index (χ0v) is 8.15. The zero-order chi connectivity index (χ0) is 8.27. The molecule has 58 valence electrons. The van der Waals surface area contributed by atoms with Gasteiger partial charge in [-0.2, -0.15) is 0 Å². The molecule has 1 rings (SSSR count). The van der Waals surface area contributed by atoms with Crippen LogP contribution in [0.25, 0.3) is 0 Å². The summed E-state index contributed by atoms with van der Waals surface area (Å²) in [5.74, 6) is 2.42. The molecule has 1 unspecified atom stereocenters. The van der Waals surface area contributed by atoms with Gasteiger partial charge in [0.2, 0.25) is 0 Å². The van der Waals surface area contributed by atoms with Crippen molar-refractivity contribution in [3.05, 3.63) is 20.8 Å². The molecular formula is C8H7BrOS. The molecule has 11 heavy (non-hydrogen) atoms. The fraction of sp³-hybridized carbons (Fsp3) is 0.250. The van der Waals surface area contributed by atoms with Gasteiger partial charge in [0.1, 0.15) is 0 Å². The second kappa shape index (κ2) is 3.91. The van der Waals surface area contributed by atoms with E-state index < -0.39 is 6.10 Å². The van der Waals surface area contributed by atoms with Crippen LogP contribution in [-0.4, -0.2) is 5.11 Å². The smallest absolute Gasteiger partial charge is 0.0991 e. The maximum absolute atomic E-state index is 9.38. The topological polar surface area (TPSA) is 20.2 Å². The van der Waals surface area contributed by atoms with Gasteiger partial charge in [-0.3, -0.25) is 0 Å². The maximum atomic E-state index is 9.38. The number of aliphatic hydroxyl groups excluding tert-OH is 1. The quantitative estimate of drug-likeness (QED) is 0.775. The Labute approximate surface area is 78.2 Å². The molecule has 1 aromatic rings. The maximum Gasteiger partial charge on any atom is 0.0991 e. The van der Waals surface area contributed by atoms with Gasteiger partial charge in [0.15, 0.2) is 0 Å². The Morgan fingerprint density at radius 1 is 1.73 bits per heavy atom. The lowest BCUT2D eigenvalue weighted by atomic mass is 10.2. The minimum Gasteiger partial charge on any atom is -0.387 e. The first kappa shape index (κ1) is 8.79. The van der Waals surface area contributed by atoms with Crippen molar-refractivity contribution >= 4 is 27.3 Å². The summed E-state index contributed by atoms with van der Waals surface area (Å²) in [7, 11) is 0. The Morgan fingerprint density at radius 3 is 2.91 bits per heavy atom. The van der Waals surface area contributed by atoms with Gasteiger partial charge in [-0.05, 0) is 28.1 Å². The predicted molar refractivity (Wildman–Crippen MR) is 50.4 cm³/mol. The molecule has 0 aliphatic heterocycles. The zero-order valence-electron chi connectivity index (χ0n) is 5.75. The van der Waals surface area contributed by atoms with Crippen molar-refractivity contribution in [2.24, 2.45) is 0 Å². The molecule has 3 heteroatoms. The van der Waals surface area contributed by atoms with E-state index in [1.54, 1.807) is 0 Å². The Morgan fingerprint density at radius 2 is 2.45 bits per heavy atom. The highest BCUT2D eigenvalue weighted by Crippen LogP contribution is 2.28. The summed E-state index contributed by atoms with van der Waals surface area (Å²) in [6.45, 7) is 0. The number of rotatable bonds is 2. The summed E-state index contributed by atoms with van der Waals surface area (Å²) < 4.78 is 1.02. The van der Waals surface area contributed by atoms with Crippen LogP contribution in [-0.2, 0) is 0 Å². The summed E-state index contributed by atoms with van der Waals surface area (Å²) in [6, 6.07) is 3.77. The van der Waals surface area contributed by atoms with Crippen molar-refractivity contribution in [3.8, 4) is 12.3 Å². The second-order valence-corrected chi connectivity index (χ2v) is 4.56. The van der Waals surface area contributed by atoms with Gasteiger partial charge >= 0.3 is 0 Å². The first-order valence-electron chi connectivity index (χ1n) is 3.11. The largest absolute Gasteiger partial charge is 0.387 e. The SMILES string of the molecule is C#CCC(O)c1ccc(Br)s1. The van der Waals surface area contributed by atoms with Gasteiger partial charge < -0.3 is 5.11 Å². The fourth-order valence-corrected chi connectivity index (χ4v) is 2.13. The molecule has 0 radical (unpaired) electrons. The highest BCUT2D eigenvalue weighted by Gasteiger charge is 2.07. The van der Waals surface area contributed by atoms with Crippen LogP contribution < -0.4 is 0 Å². The molecule has 0 fully saturated rings. The van der Waals surface area contributed by atoms with Gasteiger partial charge in [0.25, 0.3) is 0 Å². The summed E-state index contributed by atoms with van der Waals surface area (Å²) in [6.07, 6.45) is 4.93. The number of hydrogen-bond donors (Lipinski definition) is 1. The first-order valence-corrected chi connectivity index (χ1v) is 4.71. The van der Waals surface area contributed by atoms with Crippen LogP contribution >= 0.6 is 27.3 Å². The van der Waals surface area contributed by atoms with Crippen molar-refractivity contribution in [3.63, 3.8) is 0 Å². The molecule has 0 spiro atoms. The summed E-state index contributed by atoms with van der Waals surface area (Å²) >= 11 is 4.81. The average Bonchev–Trinajstić information content (AvgIpc) is 2.36. The van der Waals surface area contributed by atoms with E-state index in [2.05, 4.69) is 21.9 Å². The van der Waals surface area contributed by atoms with Crippen LogP contribution in [0, 0.1) is 12.3 Å². The van der Waals surface area contributed by atoms with Gasteiger partial charge in [-0.25, -0.2) is 0 Å². The van der Waals surface area contributed by atoms with Crippen LogP contribution in [0.15, 0.2) is 15.9 Å². The molecule has 0 aliphatic rings. The first-order chi connectivity index (χ1) is 5.24. The van der Waals surface area contributed by atoms with Crippen molar-refractivity contribution in [2.75, 3.05) is 0 Å². The van der Waals surface area contributed by atoms with E-state index in [0.717, 1.165) is 8.66 Å². The fourth-order valence-electron chi connectivity index (χ4n) is 0.720. The van der Waals surface area contributed by atoms with E-state index in [0.29, 0.717) is 6.42 Å². The minimum atomic E-state index is -0.503. The van der Waals surface area contributed by atoms with Crippen molar-refractivity contribution in [1.82, 2.24) is 0 Å². The van der Waals surface area contributed by atoms with Crippen molar-refractivity contribution in [2.45, 2.75) is 12.5 Å². The van der Waals surface area contributed by atoms with Gasteiger partial charge in [0, 0.05) is 11.3 Å². The molecule has 0 aliphatic carbocycles. The monoisotopic (exact) mass is 230 g/mol. The molecule has 1 nitrogen and oxygen atoms in total. The summed E-state index contributed by atoms with van der Waals surface area (Å²) in [4.78, 5) is 0.912. The lowest BCUT2D eigenvalue weighted by Gasteiger charge is -2.01. The second-order valence-electron chi connectivity index (χ2n) is 2.07. The molecule has 1 N–H and O–H groups in total. The number of hydrogen-bond acceptors (Lipinski definition) is 2. The molecule has 0 saturated heterocycles. The van der Waals surface area contributed by atoms with Crippen LogP contribution in [0.5, 0.6) is 0 Å². The minimum absolute atomic E-state index is 0.382. The Bertz CT molecular complexity index is 274. The van der Waals surface area contributed by atoms with Crippen LogP contribution in [0.3, 0.4) is 0 Å². The van der Waals surface area contributed by atoms with Crippen LogP contribution in [0.2, 0.25) is 0 Å². The highest BCUT2D eigenvalue weighted by molar-refractivity contribution is 9.11. The normalized spacial score (nSPS) is 12.5. The lowest BCUT2D eigenvalue weighted by Crippen LogP contribution is -1.90. The van der Waals surface area contributed by atoms with Crippen molar-refractivity contribution < 1.29 is 5.11 Å². The third-order valence-corrected chi connectivity index (χ3v) is 2.96. The van der Waals surface area contributed by atoms with Crippen LogP contribution in [0.4, 0.5) is 0 Å². The Hall–Kier alpha value is -0.300. The molecule has 1 atom stereocenters. The van der Waals surface area contributed by atoms with Gasteiger partial charge in [-0.15, -0.1) is 23.7 Å². The number of halogens is 1. The summed E-state index contributed by atoms with van der Waals surface area (Å²) in [5.41, 5.74) is 0. The summed E-state index contributed by atoms with van der Waals surface area (Å²) in [5, 5.41) is 9.38. The number of aliphatic hydroxyl groups is 1. The predicted octanol–water partition coefficient (Wildman–Crippen LogP) is 2.57. The van der Waals surface area contributed by atoms with E-state index >= 15 is 0 Å². The number of terminal acetylenes is 1. The van der Waals surface area contributed by atoms with Crippen molar-refractivity contribution in [1.29, 1.82) is 0 Å². The van der Waals surface area contributed by atoms with E-state index in [4.69, 9.17) is 6.42 Å². The number of thiophene rings is 1. The molecule has 1 aromatic heterocycles. The highest BCUT2D eigenvalue weighted by atomic mass is 79.9. The van der Waals surface area contributed by atoms with E-state index in [1.807, 2.05) is 12.1 Å². The third-order valence-electron chi connectivity index (χ3n) is 1.23. The van der Waals surface area contributed by atoms with E-state index in [9.17, 15) is 5.11 Å². The third kappa shape index (κ3) is 2.33. The molecule has 1 heterocycles. The molecular weight excluding hydrogens is 224 g/mol. The van der Waals surface area contributed by atoms with E-state index in [-0.39, 0.29) is 0 Å². The molecule has 0 bridgehead atoms. The van der Waals surface area contributed by atoms with Crippen LogP contribution in [0.1, 0.15) is 17.4 Å². The van der Waals surface area contributed by atoms with Gasteiger partial charge in [0.05, 0.1) is 9.89 Å². The standard InChI is InChI=1S/C8H7BrOS/c1-2-3-6(10)7-4-5-8(9)11-7/h1,4-6,10H,3H2. The van der Waals surface area contributed by atoms with E-state index in [1.165, 1.54) is 11.3 Å².